The van der Waals surface area contributed by atoms with Crippen LogP contribution < -0.4 is 16.0 Å². The van der Waals surface area contributed by atoms with E-state index >= 15 is 0 Å². The summed E-state index contributed by atoms with van der Waals surface area (Å²) in [6.45, 7) is 7.93. The number of aromatic amines is 1. The Kier molecular flexibility index (Phi) is 6.80. The molecule has 3 aliphatic rings. The van der Waals surface area contributed by atoms with E-state index in [1.165, 1.54) is 6.42 Å². The second kappa shape index (κ2) is 10.1. The van der Waals surface area contributed by atoms with Crippen LogP contribution in [0.4, 0.5) is 20.5 Å². The lowest BCUT2D eigenvalue weighted by molar-refractivity contribution is -0.0970. The Balaban J connectivity index is 1.48. The van der Waals surface area contributed by atoms with Gasteiger partial charge in [0.2, 0.25) is 17.6 Å². The van der Waals surface area contributed by atoms with Crippen molar-refractivity contribution < 1.29 is 18.0 Å². The fraction of sp³-hybridized carbons (Fsp3) is 0.731. The van der Waals surface area contributed by atoms with Gasteiger partial charge in [0.05, 0.1) is 19.3 Å². The highest BCUT2D eigenvalue weighted by Gasteiger charge is 2.43. The highest BCUT2D eigenvalue weighted by molar-refractivity contribution is 5.87. The number of hydrogen-bond acceptors (Lipinski definition) is 9. The highest BCUT2D eigenvalue weighted by Crippen LogP contribution is 2.43. The molecule has 39 heavy (non-hydrogen) atoms. The van der Waals surface area contributed by atoms with Crippen LogP contribution in [-0.4, -0.2) is 67.4 Å². The van der Waals surface area contributed by atoms with E-state index in [2.05, 4.69) is 39.2 Å². The molecular formula is C26H36F2N8O3. The van der Waals surface area contributed by atoms with Crippen LogP contribution >= 0.6 is 0 Å². The van der Waals surface area contributed by atoms with E-state index in [1.807, 2.05) is 4.57 Å². The van der Waals surface area contributed by atoms with Crippen molar-refractivity contribution in [2.75, 3.05) is 30.0 Å². The summed E-state index contributed by atoms with van der Waals surface area (Å²) in [6.07, 6.45) is 4.51. The zero-order chi connectivity index (χ0) is 27.3. The quantitative estimate of drug-likeness (QED) is 0.451. The van der Waals surface area contributed by atoms with E-state index in [-0.39, 0.29) is 36.1 Å². The molecule has 212 valence electrons. The van der Waals surface area contributed by atoms with E-state index < -0.39 is 17.6 Å². The first-order valence-electron chi connectivity index (χ1n) is 14.0. The maximum absolute atomic E-state index is 14.8. The van der Waals surface area contributed by atoms with Crippen molar-refractivity contribution in [1.82, 2.24) is 29.7 Å². The average molecular weight is 547 g/mol. The highest BCUT2D eigenvalue weighted by atomic mass is 19.3. The van der Waals surface area contributed by atoms with Crippen LogP contribution in [0.2, 0.25) is 0 Å². The number of rotatable bonds is 7. The molecule has 11 nitrogen and oxygen atoms in total. The number of hydrogen-bond donors (Lipinski definition) is 2. The second-order valence-electron chi connectivity index (χ2n) is 11.6. The van der Waals surface area contributed by atoms with Crippen LogP contribution in [0.3, 0.4) is 0 Å². The van der Waals surface area contributed by atoms with Crippen LogP contribution in [0.15, 0.2) is 9.32 Å². The Labute approximate surface area is 224 Å². The number of nitrogens with zero attached hydrogens (tertiary/aromatic N) is 6. The number of H-pyrrole nitrogens is 1. The summed E-state index contributed by atoms with van der Waals surface area (Å²) in [5.74, 6) is -2.22. The average Bonchev–Trinajstić information content (AvgIpc) is 3.44. The zero-order valence-electron chi connectivity index (χ0n) is 22.6. The molecular weight excluding hydrogens is 510 g/mol. The number of aromatic nitrogens is 6. The number of fused-ring (bicyclic) bond motifs is 1. The normalized spacial score (nSPS) is 26.5. The molecule has 0 aromatic carbocycles. The summed E-state index contributed by atoms with van der Waals surface area (Å²) in [4.78, 5) is 30.7. The lowest BCUT2D eigenvalue weighted by Gasteiger charge is -2.37. The molecule has 2 N–H and O–H groups in total. The smallest absolute Gasteiger partial charge is 0.377 e. The third-order valence-corrected chi connectivity index (χ3v) is 8.81. The number of nitrogens with one attached hydrogen (secondary N) is 2. The molecule has 0 unspecified atom stereocenters. The number of imidazole rings is 1. The SMILES string of the molecule is C[C@@H]1COCCN1c1nc2nc(-c3noc(=O)[nH]3)nc(N[C@H](C)C3CCC3)c2n1C[C@@H]1CC[C@@H](C)C(F)(F)C1. The molecule has 0 amide bonds. The molecule has 1 saturated heterocycles. The van der Waals surface area contributed by atoms with Gasteiger partial charge in [-0.05, 0) is 51.4 Å². The molecule has 0 bridgehead atoms. The molecule has 1 aliphatic heterocycles. The van der Waals surface area contributed by atoms with Crippen molar-refractivity contribution in [1.29, 1.82) is 0 Å². The van der Waals surface area contributed by atoms with Gasteiger partial charge in [-0.3, -0.25) is 9.51 Å². The van der Waals surface area contributed by atoms with Gasteiger partial charge in [0.1, 0.15) is 5.52 Å². The molecule has 4 heterocycles. The predicted octanol–water partition coefficient (Wildman–Crippen LogP) is 4.07. The molecule has 3 aromatic heterocycles. The topological polar surface area (TPSA) is 127 Å². The Morgan fingerprint density at radius 2 is 2.00 bits per heavy atom. The van der Waals surface area contributed by atoms with E-state index in [4.69, 9.17) is 19.2 Å². The summed E-state index contributed by atoms with van der Waals surface area (Å²) >= 11 is 0. The largest absolute Gasteiger partial charge is 0.439 e. The molecule has 2 saturated carbocycles. The minimum atomic E-state index is -2.70. The van der Waals surface area contributed by atoms with Crippen molar-refractivity contribution in [3.63, 3.8) is 0 Å². The van der Waals surface area contributed by atoms with Gasteiger partial charge in [0.15, 0.2) is 11.5 Å². The maximum atomic E-state index is 14.8. The van der Waals surface area contributed by atoms with E-state index in [0.717, 1.165) is 19.3 Å². The maximum Gasteiger partial charge on any atom is 0.439 e. The lowest BCUT2D eigenvalue weighted by atomic mass is 9.80. The number of halogens is 2. The number of alkyl halides is 2. The van der Waals surface area contributed by atoms with E-state index in [9.17, 15) is 13.6 Å². The third kappa shape index (κ3) is 5.01. The van der Waals surface area contributed by atoms with Crippen molar-refractivity contribution in [3.05, 3.63) is 10.6 Å². The fourth-order valence-corrected chi connectivity index (χ4v) is 6.05. The van der Waals surface area contributed by atoms with Crippen LogP contribution in [0.5, 0.6) is 0 Å². The molecule has 3 aromatic rings. The van der Waals surface area contributed by atoms with Crippen molar-refractivity contribution >= 4 is 22.9 Å². The number of ether oxygens (including phenoxy) is 1. The van der Waals surface area contributed by atoms with Gasteiger partial charge in [0, 0.05) is 31.5 Å². The van der Waals surface area contributed by atoms with E-state index in [0.29, 0.717) is 61.6 Å². The van der Waals surface area contributed by atoms with Gasteiger partial charge in [-0.1, -0.05) is 18.5 Å². The third-order valence-electron chi connectivity index (χ3n) is 8.81. The molecule has 6 rings (SSSR count). The second-order valence-corrected chi connectivity index (χ2v) is 11.6. The molecule has 0 spiro atoms. The monoisotopic (exact) mass is 546 g/mol. The van der Waals surface area contributed by atoms with Gasteiger partial charge in [-0.15, -0.1) is 0 Å². The predicted molar refractivity (Wildman–Crippen MR) is 141 cm³/mol. The summed E-state index contributed by atoms with van der Waals surface area (Å²) in [5.41, 5.74) is 1.09. The van der Waals surface area contributed by atoms with Gasteiger partial charge in [0.25, 0.3) is 5.92 Å². The number of morpholine rings is 1. The van der Waals surface area contributed by atoms with Gasteiger partial charge < -0.3 is 19.5 Å². The summed E-state index contributed by atoms with van der Waals surface area (Å²) < 4.78 is 42.0. The van der Waals surface area contributed by atoms with Gasteiger partial charge >= 0.3 is 5.76 Å². The number of anilines is 2. The van der Waals surface area contributed by atoms with E-state index in [1.54, 1.807) is 6.92 Å². The summed E-state index contributed by atoms with van der Waals surface area (Å²) in [6, 6.07) is 0.182. The molecule has 2 aliphatic carbocycles. The Morgan fingerprint density at radius 3 is 2.67 bits per heavy atom. The lowest BCUT2D eigenvalue weighted by Crippen LogP contribution is -2.45. The van der Waals surface area contributed by atoms with Crippen LogP contribution in [-0.2, 0) is 11.3 Å². The summed E-state index contributed by atoms with van der Waals surface area (Å²) in [7, 11) is 0. The minimum Gasteiger partial charge on any atom is -0.377 e. The van der Waals surface area contributed by atoms with Crippen LogP contribution in [0.1, 0.15) is 59.3 Å². The molecule has 3 fully saturated rings. The Morgan fingerprint density at radius 1 is 1.18 bits per heavy atom. The Hall–Kier alpha value is -3.09. The standard InChI is InChI=1S/C26H36F2N8O3/c1-14-7-8-17(11-26(14,27)28)12-36-19-20(29-16(3)18-5-4-6-18)30-22(23-33-25(37)39-34-23)31-21(19)32-24(36)35-9-10-38-13-15(35)2/h14-18H,4-13H2,1-3H3,(H,29,30,31)(H,33,34,37)/t14-,15-,16-,17-/m1/s1. The Bertz CT molecular complexity index is 1380. The first-order chi connectivity index (χ1) is 18.7. The molecule has 13 heteroatoms. The minimum absolute atomic E-state index is 0.0479. The van der Waals surface area contributed by atoms with Crippen molar-refractivity contribution in [2.45, 2.75) is 83.8 Å². The van der Waals surface area contributed by atoms with Crippen LogP contribution in [0.25, 0.3) is 22.8 Å². The molecule has 4 atom stereocenters. The van der Waals surface area contributed by atoms with Gasteiger partial charge in [-0.2, -0.15) is 4.98 Å². The van der Waals surface area contributed by atoms with Crippen LogP contribution in [0, 0.1) is 17.8 Å². The van der Waals surface area contributed by atoms with Crippen molar-refractivity contribution in [3.8, 4) is 11.6 Å². The summed E-state index contributed by atoms with van der Waals surface area (Å²) in [5, 5.41) is 7.36. The fourth-order valence-electron chi connectivity index (χ4n) is 6.05. The van der Waals surface area contributed by atoms with Crippen molar-refractivity contribution in [2.24, 2.45) is 17.8 Å². The molecule has 0 radical (unpaired) electrons. The zero-order valence-corrected chi connectivity index (χ0v) is 22.6. The first kappa shape index (κ1) is 26.1. The van der Waals surface area contributed by atoms with Gasteiger partial charge in [-0.25, -0.2) is 23.5 Å². The first-order valence-corrected chi connectivity index (χ1v) is 14.0.